The third-order valence-corrected chi connectivity index (χ3v) is 5.71. The number of nitrogen functional groups attached to an aromatic ring is 1. The lowest BCUT2D eigenvalue weighted by atomic mass is 9.93. The number of hydrogen-bond acceptors (Lipinski definition) is 4. The Bertz CT molecular complexity index is 842. The fourth-order valence-electron chi connectivity index (χ4n) is 4.10. The van der Waals surface area contributed by atoms with Gasteiger partial charge in [0.2, 0.25) is 0 Å². The average Bonchev–Trinajstić information content (AvgIpc) is 2.92. The van der Waals surface area contributed by atoms with Crippen LogP contribution >= 0.6 is 0 Å². The summed E-state index contributed by atoms with van der Waals surface area (Å²) >= 11 is 0. The standard InChI is InChI=1S/C22H25N3O2/c23-18-6-7-19-20(14-18)22(27)25(21(19)26)13-10-16-8-11-24(12-9-16)15-17-4-2-1-3-5-17/h1-7,14,16H,8-13,15,23H2. The summed E-state index contributed by atoms with van der Waals surface area (Å²) in [7, 11) is 0. The van der Waals surface area contributed by atoms with Gasteiger partial charge in [-0.25, -0.2) is 0 Å². The van der Waals surface area contributed by atoms with Crippen LogP contribution in [0.3, 0.4) is 0 Å². The summed E-state index contributed by atoms with van der Waals surface area (Å²) in [4.78, 5) is 28.9. The molecule has 0 atom stereocenters. The number of carbonyl (C=O) groups is 2. The number of nitrogens with zero attached hydrogens (tertiary/aromatic N) is 2. The van der Waals surface area contributed by atoms with Gasteiger partial charge in [0.05, 0.1) is 11.1 Å². The van der Waals surface area contributed by atoms with Gasteiger partial charge >= 0.3 is 0 Å². The summed E-state index contributed by atoms with van der Waals surface area (Å²) in [6.45, 7) is 3.62. The molecular weight excluding hydrogens is 338 g/mol. The molecule has 0 aliphatic carbocycles. The molecule has 0 aromatic heterocycles. The lowest BCUT2D eigenvalue weighted by molar-refractivity contribution is 0.0636. The third-order valence-electron chi connectivity index (χ3n) is 5.71. The van der Waals surface area contributed by atoms with Crippen molar-refractivity contribution in [2.45, 2.75) is 25.8 Å². The van der Waals surface area contributed by atoms with Crippen LogP contribution < -0.4 is 5.73 Å². The molecule has 27 heavy (non-hydrogen) atoms. The van der Waals surface area contributed by atoms with Crippen LogP contribution in [0, 0.1) is 5.92 Å². The van der Waals surface area contributed by atoms with Crippen molar-refractivity contribution in [3.63, 3.8) is 0 Å². The molecule has 1 saturated heterocycles. The fourth-order valence-corrected chi connectivity index (χ4v) is 4.10. The molecule has 0 bridgehead atoms. The van der Waals surface area contributed by atoms with Gasteiger partial charge < -0.3 is 5.73 Å². The van der Waals surface area contributed by atoms with Crippen LogP contribution in [0.5, 0.6) is 0 Å². The highest BCUT2D eigenvalue weighted by molar-refractivity contribution is 6.21. The van der Waals surface area contributed by atoms with Gasteiger partial charge in [0.1, 0.15) is 0 Å². The normalized spacial score (nSPS) is 18.1. The predicted octanol–water partition coefficient (Wildman–Crippen LogP) is 3.17. The van der Waals surface area contributed by atoms with Gasteiger partial charge in [-0.1, -0.05) is 30.3 Å². The maximum absolute atomic E-state index is 12.5. The first-order valence-corrected chi connectivity index (χ1v) is 9.64. The number of hydrogen-bond donors (Lipinski definition) is 1. The maximum Gasteiger partial charge on any atom is 0.261 e. The summed E-state index contributed by atoms with van der Waals surface area (Å²) in [6, 6.07) is 15.5. The number of fused-ring (bicyclic) bond motifs is 1. The van der Waals surface area contributed by atoms with Crippen molar-refractivity contribution in [3.8, 4) is 0 Å². The van der Waals surface area contributed by atoms with Crippen LogP contribution in [0.25, 0.3) is 0 Å². The smallest absolute Gasteiger partial charge is 0.261 e. The number of anilines is 1. The van der Waals surface area contributed by atoms with Crippen molar-refractivity contribution in [3.05, 3.63) is 65.2 Å². The number of benzene rings is 2. The summed E-state index contributed by atoms with van der Waals surface area (Å²) < 4.78 is 0. The zero-order chi connectivity index (χ0) is 18.8. The summed E-state index contributed by atoms with van der Waals surface area (Å²) in [5.74, 6) is 0.173. The quantitative estimate of drug-likeness (QED) is 0.654. The van der Waals surface area contributed by atoms with E-state index < -0.39 is 0 Å². The predicted molar refractivity (Wildman–Crippen MR) is 105 cm³/mol. The van der Waals surface area contributed by atoms with Crippen molar-refractivity contribution in [2.75, 3.05) is 25.4 Å². The number of carbonyl (C=O) groups excluding carboxylic acids is 2. The van der Waals surface area contributed by atoms with Gasteiger partial charge in [-0.15, -0.1) is 0 Å². The van der Waals surface area contributed by atoms with Gasteiger partial charge in [0.15, 0.2) is 0 Å². The second-order valence-electron chi connectivity index (χ2n) is 7.56. The Hall–Kier alpha value is -2.66. The average molecular weight is 363 g/mol. The van der Waals surface area contributed by atoms with Crippen molar-refractivity contribution >= 4 is 17.5 Å². The highest BCUT2D eigenvalue weighted by atomic mass is 16.2. The van der Waals surface area contributed by atoms with E-state index in [-0.39, 0.29) is 11.8 Å². The third kappa shape index (κ3) is 3.74. The Morgan fingerprint density at radius 3 is 2.37 bits per heavy atom. The number of rotatable bonds is 5. The van der Waals surface area contributed by atoms with E-state index in [9.17, 15) is 9.59 Å². The molecule has 5 nitrogen and oxygen atoms in total. The van der Waals surface area contributed by atoms with E-state index in [4.69, 9.17) is 5.73 Å². The number of piperidine rings is 1. The Balaban J connectivity index is 1.28. The van der Waals surface area contributed by atoms with E-state index in [1.807, 2.05) is 6.07 Å². The van der Waals surface area contributed by atoms with Gasteiger partial charge in [0, 0.05) is 18.8 Å². The van der Waals surface area contributed by atoms with Crippen molar-refractivity contribution in [1.29, 1.82) is 0 Å². The summed E-state index contributed by atoms with van der Waals surface area (Å²) in [6.07, 6.45) is 3.10. The molecule has 2 N–H and O–H groups in total. The lowest BCUT2D eigenvalue weighted by Crippen LogP contribution is -2.36. The maximum atomic E-state index is 12.5. The minimum Gasteiger partial charge on any atom is -0.399 e. The molecule has 0 radical (unpaired) electrons. The fraction of sp³-hybridized carbons (Fsp3) is 0.364. The van der Waals surface area contributed by atoms with E-state index in [1.165, 1.54) is 10.5 Å². The molecule has 1 fully saturated rings. The van der Waals surface area contributed by atoms with Crippen LogP contribution in [0.15, 0.2) is 48.5 Å². The molecule has 140 valence electrons. The molecule has 2 heterocycles. The van der Waals surface area contributed by atoms with Crippen LogP contribution in [-0.2, 0) is 6.54 Å². The highest BCUT2D eigenvalue weighted by Gasteiger charge is 2.35. The van der Waals surface area contributed by atoms with Crippen molar-refractivity contribution in [2.24, 2.45) is 5.92 Å². The monoisotopic (exact) mass is 363 g/mol. The molecule has 0 saturated carbocycles. The van der Waals surface area contributed by atoms with Gasteiger partial charge in [-0.3, -0.25) is 19.4 Å². The molecule has 2 amide bonds. The Morgan fingerprint density at radius 1 is 0.926 bits per heavy atom. The van der Waals surface area contributed by atoms with Crippen molar-refractivity contribution < 1.29 is 9.59 Å². The highest BCUT2D eigenvalue weighted by Crippen LogP contribution is 2.27. The SMILES string of the molecule is Nc1ccc2c(c1)C(=O)N(CCC1CCN(Cc3ccccc3)CC1)C2=O. The molecule has 2 aromatic carbocycles. The lowest BCUT2D eigenvalue weighted by Gasteiger charge is -2.32. The first-order valence-electron chi connectivity index (χ1n) is 9.64. The molecule has 5 heteroatoms. The van der Waals surface area contributed by atoms with E-state index in [0.29, 0.717) is 29.3 Å². The number of nitrogens with two attached hydrogens (primary N) is 1. The first-order chi connectivity index (χ1) is 13.1. The molecular formula is C22H25N3O2. The zero-order valence-corrected chi connectivity index (χ0v) is 15.4. The number of likely N-dealkylation sites (tertiary alicyclic amines) is 1. The molecule has 4 rings (SSSR count). The second kappa shape index (κ2) is 7.53. The molecule has 2 aliphatic heterocycles. The van der Waals surface area contributed by atoms with Crippen molar-refractivity contribution in [1.82, 2.24) is 9.80 Å². The largest absolute Gasteiger partial charge is 0.399 e. The van der Waals surface area contributed by atoms with Crippen LogP contribution in [0.4, 0.5) is 5.69 Å². The van der Waals surface area contributed by atoms with Crippen LogP contribution in [0.1, 0.15) is 45.5 Å². The number of amides is 2. The van der Waals surface area contributed by atoms with E-state index >= 15 is 0 Å². The Morgan fingerprint density at radius 2 is 1.63 bits per heavy atom. The van der Waals surface area contributed by atoms with E-state index in [0.717, 1.165) is 38.9 Å². The number of imide groups is 1. The van der Waals surface area contributed by atoms with Gasteiger partial charge in [-0.05, 0) is 62.0 Å². The Labute approximate surface area is 159 Å². The molecule has 0 spiro atoms. The summed E-state index contributed by atoms with van der Waals surface area (Å²) in [5, 5.41) is 0. The topological polar surface area (TPSA) is 66.6 Å². The minimum absolute atomic E-state index is 0.184. The molecule has 0 unspecified atom stereocenters. The van der Waals surface area contributed by atoms with Crippen LogP contribution in [0.2, 0.25) is 0 Å². The van der Waals surface area contributed by atoms with Gasteiger partial charge in [0.25, 0.3) is 11.8 Å². The van der Waals surface area contributed by atoms with E-state index in [2.05, 4.69) is 29.2 Å². The minimum atomic E-state index is -0.205. The molecule has 2 aliphatic rings. The first kappa shape index (κ1) is 17.7. The Kier molecular flexibility index (Phi) is 4.94. The molecule has 2 aromatic rings. The van der Waals surface area contributed by atoms with Crippen LogP contribution in [-0.4, -0.2) is 41.2 Å². The van der Waals surface area contributed by atoms with Gasteiger partial charge in [-0.2, -0.15) is 0 Å². The second-order valence-corrected chi connectivity index (χ2v) is 7.56. The van der Waals surface area contributed by atoms with E-state index in [1.54, 1.807) is 18.2 Å². The zero-order valence-electron chi connectivity index (χ0n) is 15.4. The summed E-state index contributed by atoms with van der Waals surface area (Å²) in [5.41, 5.74) is 8.54.